The van der Waals surface area contributed by atoms with Gasteiger partial charge in [-0.15, -0.1) is 0 Å². The quantitative estimate of drug-likeness (QED) is 0.687. The number of ether oxygens (including phenoxy) is 1. The van der Waals surface area contributed by atoms with Crippen molar-refractivity contribution >= 4 is 5.78 Å². The number of ketones is 1. The van der Waals surface area contributed by atoms with E-state index < -0.39 is 0 Å². The Morgan fingerprint density at radius 1 is 1.13 bits per heavy atom. The third-order valence-electron chi connectivity index (χ3n) is 6.00. The fourth-order valence-corrected chi connectivity index (χ4v) is 4.62. The number of fused-ring (bicyclic) bond motifs is 1. The predicted molar refractivity (Wildman–Crippen MR) is 114 cm³/mol. The van der Waals surface area contributed by atoms with Crippen LogP contribution in [0.15, 0.2) is 59.9 Å². The van der Waals surface area contributed by atoms with Crippen molar-refractivity contribution < 1.29 is 14.6 Å². The zero-order chi connectivity index (χ0) is 20.8. The van der Waals surface area contributed by atoms with E-state index in [1.165, 1.54) is 0 Å². The van der Waals surface area contributed by atoms with Gasteiger partial charge in [-0.3, -0.25) is 4.79 Å². The van der Waals surface area contributed by atoms with E-state index in [1.807, 2.05) is 48.9 Å². The summed E-state index contributed by atoms with van der Waals surface area (Å²) in [6.07, 6.45) is 2.02. The molecule has 1 aliphatic heterocycles. The zero-order valence-electron chi connectivity index (χ0n) is 17.2. The van der Waals surface area contributed by atoms with Crippen molar-refractivity contribution in [1.29, 1.82) is 0 Å². The number of hydrogen-bond donors (Lipinski definition) is 1. The van der Waals surface area contributed by atoms with Crippen LogP contribution in [-0.2, 0) is 11.3 Å². The highest BCUT2D eigenvalue weighted by Crippen LogP contribution is 2.49. The molecule has 0 radical (unpaired) electrons. The highest BCUT2D eigenvalue weighted by molar-refractivity contribution is 5.99. The number of hydrogen-bond acceptors (Lipinski definition) is 4. The molecule has 0 saturated heterocycles. The summed E-state index contributed by atoms with van der Waals surface area (Å²) in [7, 11) is 0. The molecule has 0 amide bonds. The monoisotopic (exact) mass is 400 g/mol. The van der Waals surface area contributed by atoms with Crippen LogP contribution < -0.4 is 4.74 Å². The SMILES string of the molecule is Cc1ccc(O)c([C@@H]2C3=C(CCCC3=O)Oc3c2c(C)nn3Cc2ccccc2)c1. The summed E-state index contributed by atoms with van der Waals surface area (Å²) in [6.45, 7) is 4.52. The van der Waals surface area contributed by atoms with Gasteiger partial charge in [0.05, 0.1) is 18.2 Å². The molecule has 5 nitrogen and oxygen atoms in total. The minimum atomic E-state index is -0.360. The Hall–Kier alpha value is -3.34. The largest absolute Gasteiger partial charge is 0.508 e. The highest BCUT2D eigenvalue weighted by atomic mass is 16.5. The lowest BCUT2D eigenvalue weighted by Crippen LogP contribution is -2.26. The van der Waals surface area contributed by atoms with Gasteiger partial charge in [0.15, 0.2) is 5.78 Å². The number of benzene rings is 2. The summed E-state index contributed by atoms with van der Waals surface area (Å²) in [6, 6.07) is 15.7. The Kier molecular flexibility index (Phi) is 4.46. The number of aryl methyl sites for hydroxylation is 2. The van der Waals surface area contributed by atoms with Gasteiger partial charge in [-0.05, 0) is 31.9 Å². The van der Waals surface area contributed by atoms with Crippen LogP contribution in [0.1, 0.15) is 53.1 Å². The second-order valence-corrected chi connectivity index (χ2v) is 8.16. The van der Waals surface area contributed by atoms with Gasteiger partial charge in [0, 0.05) is 29.5 Å². The van der Waals surface area contributed by atoms with Gasteiger partial charge in [-0.2, -0.15) is 5.10 Å². The van der Waals surface area contributed by atoms with Crippen LogP contribution in [0.4, 0.5) is 0 Å². The van der Waals surface area contributed by atoms with Gasteiger partial charge in [0.1, 0.15) is 11.5 Å². The van der Waals surface area contributed by atoms with E-state index in [0.29, 0.717) is 24.4 Å². The van der Waals surface area contributed by atoms with Gasteiger partial charge in [0.2, 0.25) is 5.88 Å². The molecule has 30 heavy (non-hydrogen) atoms. The van der Waals surface area contributed by atoms with Crippen LogP contribution in [0.25, 0.3) is 0 Å². The number of carbonyl (C=O) groups is 1. The topological polar surface area (TPSA) is 64.3 Å². The summed E-state index contributed by atoms with van der Waals surface area (Å²) in [4.78, 5) is 13.0. The first-order valence-corrected chi connectivity index (χ1v) is 10.4. The van der Waals surface area contributed by atoms with Crippen LogP contribution >= 0.6 is 0 Å². The minimum absolute atomic E-state index is 0.100. The Bertz CT molecular complexity index is 1170. The molecular weight excluding hydrogens is 376 g/mol. The smallest absolute Gasteiger partial charge is 0.222 e. The van der Waals surface area contributed by atoms with E-state index in [1.54, 1.807) is 6.07 Å². The molecule has 1 aliphatic carbocycles. The first-order chi connectivity index (χ1) is 14.5. The maximum absolute atomic E-state index is 13.0. The van der Waals surface area contributed by atoms with Crippen molar-refractivity contribution in [3.63, 3.8) is 0 Å². The number of phenolic OH excluding ortho intramolecular Hbond substituents is 1. The summed E-state index contributed by atoms with van der Waals surface area (Å²) < 4.78 is 8.21. The van der Waals surface area contributed by atoms with Gasteiger partial charge in [-0.1, -0.05) is 48.0 Å². The molecule has 152 valence electrons. The Labute approximate surface area is 175 Å². The van der Waals surface area contributed by atoms with Crippen LogP contribution in [0.3, 0.4) is 0 Å². The second kappa shape index (κ2) is 7.17. The number of carbonyl (C=O) groups excluding carboxylic acids is 1. The normalized spacial score (nSPS) is 18.1. The van der Waals surface area contributed by atoms with Gasteiger partial charge < -0.3 is 9.84 Å². The number of rotatable bonds is 3. The molecule has 0 bridgehead atoms. The fourth-order valence-electron chi connectivity index (χ4n) is 4.62. The molecule has 2 heterocycles. The summed E-state index contributed by atoms with van der Waals surface area (Å²) in [5.74, 6) is 1.33. The molecule has 0 fully saturated rings. The van der Waals surface area contributed by atoms with Crippen molar-refractivity contribution in [2.75, 3.05) is 0 Å². The van der Waals surface area contributed by atoms with Gasteiger partial charge >= 0.3 is 0 Å². The lowest BCUT2D eigenvalue weighted by atomic mass is 9.77. The fraction of sp³-hybridized carbons (Fsp3) is 0.280. The molecular formula is C25H24N2O3. The van der Waals surface area contributed by atoms with Crippen molar-refractivity contribution in [1.82, 2.24) is 9.78 Å². The molecule has 1 aromatic heterocycles. The molecule has 2 aromatic carbocycles. The van der Waals surface area contributed by atoms with E-state index in [0.717, 1.165) is 46.5 Å². The molecule has 0 saturated carbocycles. The molecule has 0 spiro atoms. The van der Waals surface area contributed by atoms with Crippen LogP contribution in [-0.4, -0.2) is 20.7 Å². The maximum Gasteiger partial charge on any atom is 0.222 e. The number of nitrogens with zero attached hydrogens (tertiary/aromatic N) is 2. The third kappa shape index (κ3) is 3.02. The average molecular weight is 400 g/mol. The number of allylic oxidation sites excluding steroid dienone is 2. The molecule has 1 atom stereocenters. The van der Waals surface area contributed by atoms with E-state index in [-0.39, 0.29) is 17.5 Å². The molecule has 5 heteroatoms. The summed E-state index contributed by atoms with van der Waals surface area (Å²) in [5.41, 5.74) is 5.27. The Morgan fingerprint density at radius 2 is 1.93 bits per heavy atom. The number of aromatic nitrogens is 2. The molecule has 3 aromatic rings. The lowest BCUT2D eigenvalue weighted by molar-refractivity contribution is -0.116. The average Bonchev–Trinajstić information content (AvgIpc) is 3.04. The third-order valence-corrected chi connectivity index (χ3v) is 6.00. The van der Waals surface area contributed by atoms with Crippen molar-refractivity contribution in [3.8, 4) is 11.6 Å². The van der Waals surface area contributed by atoms with Crippen molar-refractivity contribution in [3.05, 3.63) is 87.8 Å². The van der Waals surface area contributed by atoms with Gasteiger partial charge in [0.25, 0.3) is 0 Å². The highest BCUT2D eigenvalue weighted by Gasteiger charge is 2.41. The predicted octanol–water partition coefficient (Wildman–Crippen LogP) is 4.79. The lowest BCUT2D eigenvalue weighted by Gasteiger charge is -2.32. The first kappa shape index (κ1) is 18.7. The van der Waals surface area contributed by atoms with E-state index in [4.69, 9.17) is 9.84 Å². The standard InChI is InChI=1S/C25H24N2O3/c1-15-11-12-19(28)18(13-15)23-22-16(2)26-27(14-17-7-4-3-5-8-17)25(22)30-21-10-6-9-20(29)24(21)23/h3-5,7-8,11-13,23,28H,6,9-10,14H2,1-2H3/t23-/m0/s1. The maximum atomic E-state index is 13.0. The molecule has 2 aliphatic rings. The number of Topliss-reactive ketones (excluding diaryl/α,β-unsaturated/α-hetero) is 1. The van der Waals surface area contributed by atoms with Gasteiger partial charge in [-0.25, -0.2) is 4.68 Å². The van der Waals surface area contributed by atoms with Crippen molar-refractivity contribution in [2.24, 2.45) is 0 Å². The van der Waals surface area contributed by atoms with E-state index in [9.17, 15) is 9.90 Å². The Morgan fingerprint density at radius 3 is 2.73 bits per heavy atom. The number of phenols is 1. The molecule has 5 rings (SSSR count). The minimum Gasteiger partial charge on any atom is -0.508 e. The molecule has 0 unspecified atom stereocenters. The van der Waals surface area contributed by atoms with Crippen LogP contribution in [0.2, 0.25) is 0 Å². The summed E-state index contributed by atoms with van der Waals surface area (Å²) in [5, 5.41) is 15.5. The van der Waals surface area contributed by atoms with Crippen molar-refractivity contribution in [2.45, 2.75) is 45.6 Å². The van der Waals surface area contributed by atoms with E-state index >= 15 is 0 Å². The molecule has 1 N–H and O–H groups in total. The van der Waals surface area contributed by atoms with Crippen LogP contribution in [0.5, 0.6) is 11.6 Å². The van der Waals surface area contributed by atoms with E-state index in [2.05, 4.69) is 12.1 Å². The number of aromatic hydroxyl groups is 1. The second-order valence-electron chi connectivity index (χ2n) is 8.16. The zero-order valence-corrected chi connectivity index (χ0v) is 17.2. The Balaban J connectivity index is 1.71. The van der Waals surface area contributed by atoms with Crippen LogP contribution in [0, 0.1) is 13.8 Å². The first-order valence-electron chi connectivity index (χ1n) is 10.4. The summed E-state index contributed by atoms with van der Waals surface area (Å²) >= 11 is 0.